The molecule has 0 saturated carbocycles. The lowest BCUT2D eigenvalue weighted by molar-refractivity contribution is -0.138. The molecule has 2 saturated heterocycles. The number of likely N-dealkylation sites (tertiary alicyclic amines) is 2. The molecular formula is C44H58N8O6. The van der Waals surface area contributed by atoms with Crippen LogP contribution in [-0.4, -0.2) is 92.1 Å². The first-order chi connectivity index (χ1) is 27.6. The van der Waals surface area contributed by atoms with Crippen LogP contribution in [0.3, 0.4) is 0 Å². The van der Waals surface area contributed by atoms with E-state index in [2.05, 4.69) is 83.0 Å². The van der Waals surface area contributed by atoms with Crippen LogP contribution in [0.25, 0.3) is 33.6 Å². The Morgan fingerprint density at radius 2 is 0.931 bits per heavy atom. The van der Waals surface area contributed by atoms with Gasteiger partial charge in [-0.1, -0.05) is 90.1 Å². The van der Waals surface area contributed by atoms with E-state index in [1.807, 2.05) is 63.7 Å². The van der Waals surface area contributed by atoms with E-state index in [1.54, 1.807) is 0 Å². The summed E-state index contributed by atoms with van der Waals surface area (Å²) in [4.78, 5) is 72.2. The summed E-state index contributed by atoms with van der Waals surface area (Å²) in [6.07, 6.45) is 3.87. The Morgan fingerprint density at radius 1 is 0.603 bits per heavy atom. The topological polar surface area (TPSA) is 175 Å². The van der Waals surface area contributed by atoms with Gasteiger partial charge < -0.3 is 39.9 Å². The Hall–Kier alpha value is -5.66. The lowest BCUT2D eigenvalue weighted by Gasteiger charge is -2.33. The van der Waals surface area contributed by atoms with Gasteiger partial charge in [-0.15, -0.1) is 0 Å². The molecule has 0 spiro atoms. The minimum Gasteiger partial charge on any atom is -0.453 e. The predicted octanol–water partition coefficient (Wildman–Crippen LogP) is 7.49. The standard InChI is InChI=1S/C44H58N8O6/c1-23(2)37(49-43(55)57-9)41(53)51-27(7)25(5)19-35(51)39-45-21-33(47-39)31-15-11-29(12-16-31)30-13-17-32(18-14-30)34-22-46-40(48-34)36-20-26(6)28(8)52(36)42(54)38(24(3)4)50-44(56)58-10/h11-18,21-28,35-38H,19-20H2,1-10H3,(H,45,47)(H,46,48)(H,49,55)(H,50,56)/t25-,26-,27+,28+,35+,36+,37+,38+/m1/s1. The first kappa shape index (κ1) is 42.0. The van der Waals surface area contributed by atoms with Gasteiger partial charge in [0, 0.05) is 12.1 Å². The number of carbonyl (C=O) groups is 4. The number of hydrogen-bond donors (Lipinski definition) is 4. The van der Waals surface area contributed by atoms with E-state index >= 15 is 0 Å². The molecule has 14 heteroatoms. The van der Waals surface area contributed by atoms with Crippen molar-refractivity contribution in [2.45, 2.75) is 104 Å². The van der Waals surface area contributed by atoms with Crippen molar-refractivity contribution in [1.29, 1.82) is 0 Å². The Kier molecular flexibility index (Phi) is 12.6. The largest absolute Gasteiger partial charge is 0.453 e. The van der Waals surface area contributed by atoms with Crippen molar-refractivity contribution in [3.63, 3.8) is 0 Å². The van der Waals surface area contributed by atoms with Gasteiger partial charge in [-0.3, -0.25) is 9.59 Å². The summed E-state index contributed by atoms with van der Waals surface area (Å²) in [5.41, 5.74) is 5.75. The Bertz CT molecular complexity index is 1930. The summed E-state index contributed by atoms with van der Waals surface area (Å²) in [5, 5.41) is 5.46. The highest BCUT2D eigenvalue weighted by Crippen LogP contribution is 2.41. The van der Waals surface area contributed by atoms with Crippen LogP contribution in [0, 0.1) is 23.7 Å². The van der Waals surface area contributed by atoms with Crippen LogP contribution in [0.2, 0.25) is 0 Å². The molecule has 4 N–H and O–H groups in total. The molecule has 0 bridgehead atoms. The highest BCUT2D eigenvalue weighted by Gasteiger charge is 2.46. The number of ether oxygens (including phenoxy) is 2. The van der Waals surface area contributed by atoms with E-state index in [0.717, 1.165) is 46.5 Å². The third-order valence-electron chi connectivity index (χ3n) is 12.2. The second kappa shape index (κ2) is 17.5. The molecule has 4 amide bonds. The molecule has 0 aliphatic carbocycles. The maximum absolute atomic E-state index is 13.9. The van der Waals surface area contributed by atoms with Gasteiger partial charge in [0.1, 0.15) is 23.7 Å². The fraction of sp³-hybridized carbons (Fsp3) is 0.500. The zero-order valence-electron chi connectivity index (χ0n) is 35.2. The van der Waals surface area contributed by atoms with Gasteiger partial charge in [0.25, 0.3) is 0 Å². The Balaban J connectivity index is 1.15. The average Bonchev–Trinajstić information content (AvgIpc) is 4.02. The second-order valence-electron chi connectivity index (χ2n) is 16.7. The molecule has 2 aliphatic heterocycles. The number of benzene rings is 2. The van der Waals surface area contributed by atoms with Gasteiger partial charge in [-0.2, -0.15) is 0 Å². The van der Waals surface area contributed by atoms with Crippen molar-refractivity contribution < 1.29 is 28.7 Å². The van der Waals surface area contributed by atoms with Gasteiger partial charge in [-0.25, -0.2) is 19.6 Å². The van der Waals surface area contributed by atoms with Crippen LogP contribution < -0.4 is 10.6 Å². The third-order valence-corrected chi connectivity index (χ3v) is 12.2. The summed E-state index contributed by atoms with van der Waals surface area (Å²) < 4.78 is 9.61. The number of amides is 4. The highest BCUT2D eigenvalue weighted by atomic mass is 16.5. The van der Waals surface area contributed by atoms with Gasteiger partial charge in [0.2, 0.25) is 11.8 Å². The zero-order chi connectivity index (χ0) is 42.0. The fourth-order valence-corrected chi connectivity index (χ4v) is 8.35. The lowest BCUT2D eigenvalue weighted by atomic mass is 10.0. The third kappa shape index (κ3) is 8.46. The fourth-order valence-electron chi connectivity index (χ4n) is 8.35. The second-order valence-corrected chi connectivity index (χ2v) is 16.7. The first-order valence-corrected chi connectivity index (χ1v) is 20.3. The van der Waals surface area contributed by atoms with Crippen molar-refractivity contribution in [2.24, 2.45) is 23.7 Å². The maximum Gasteiger partial charge on any atom is 0.407 e. The van der Waals surface area contributed by atoms with Crippen molar-refractivity contribution in [2.75, 3.05) is 14.2 Å². The minimum atomic E-state index is -0.717. The van der Waals surface area contributed by atoms with Crippen LogP contribution in [-0.2, 0) is 19.1 Å². The molecule has 2 aromatic carbocycles. The Labute approximate surface area is 340 Å². The summed E-state index contributed by atoms with van der Waals surface area (Å²) in [6.45, 7) is 16.0. The quantitative estimate of drug-likeness (QED) is 0.121. The lowest BCUT2D eigenvalue weighted by Crippen LogP contribution is -2.53. The van der Waals surface area contributed by atoms with Crippen LogP contribution >= 0.6 is 0 Å². The number of aromatic nitrogens is 4. The van der Waals surface area contributed by atoms with Crippen LogP contribution in [0.5, 0.6) is 0 Å². The van der Waals surface area contributed by atoms with Gasteiger partial charge in [-0.05, 0) is 72.6 Å². The molecule has 6 rings (SSSR count). The molecule has 0 radical (unpaired) electrons. The molecule has 0 unspecified atom stereocenters. The average molecular weight is 795 g/mol. The molecule has 58 heavy (non-hydrogen) atoms. The highest BCUT2D eigenvalue weighted by molar-refractivity contribution is 5.87. The number of hydrogen-bond acceptors (Lipinski definition) is 8. The summed E-state index contributed by atoms with van der Waals surface area (Å²) in [5.74, 6) is 1.38. The number of nitrogens with one attached hydrogen (secondary N) is 4. The monoisotopic (exact) mass is 794 g/mol. The van der Waals surface area contributed by atoms with Crippen LogP contribution in [0.15, 0.2) is 60.9 Å². The van der Waals surface area contributed by atoms with Crippen LogP contribution in [0.1, 0.15) is 92.0 Å². The molecule has 310 valence electrons. The van der Waals surface area contributed by atoms with Gasteiger partial charge in [0.05, 0.1) is 50.1 Å². The molecule has 14 nitrogen and oxygen atoms in total. The summed E-state index contributed by atoms with van der Waals surface area (Å²) in [7, 11) is 2.59. The van der Waals surface area contributed by atoms with Gasteiger partial charge >= 0.3 is 12.2 Å². The molecule has 8 atom stereocenters. The van der Waals surface area contributed by atoms with Crippen molar-refractivity contribution >= 4 is 24.0 Å². The zero-order valence-corrected chi connectivity index (χ0v) is 35.2. The SMILES string of the molecule is COC(=O)N[C@H](C(=O)N1[C@H](c2ncc(-c3ccc(-c4ccc(-c5cnc([C@@H]6C[C@@H](C)[C@H](C)N6C(=O)[C@@H](NC(=O)OC)C(C)C)[nH]5)cc4)cc3)[nH]2)C[C@@H](C)[C@@H]1C)C(C)C. The molecule has 4 heterocycles. The number of rotatable bonds is 11. The number of nitrogens with zero attached hydrogens (tertiary/aromatic N) is 4. The van der Waals surface area contributed by atoms with E-state index in [0.29, 0.717) is 11.6 Å². The number of methoxy groups -OCH3 is 2. The molecular weight excluding hydrogens is 737 g/mol. The minimum absolute atomic E-state index is 0.0328. The van der Waals surface area contributed by atoms with Crippen molar-refractivity contribution in [3.8, 4) is 33.6 Å². The van der Waals surface area contributed by atoms with Crippen molar-refractivity contribution in [1.82, 2.24) is 40.4 Å². The summed E-state index contributed by atoms with van der Waals surface area (Å²) >= 11 is 0. The van der Waals surface area contributed by atoms with Crippen LogP contribution in [0.4, 0.5) is 9.59 Å². The van der Waals surface area contributed by atoms with E-state index in [1.165, 1.54) is 14.2 Å². The normalized spacial score (nSPS) is 22.9. The number of carbonyl (C=O) groups excluding carboxylic acids is 4. The van der Waals surface area contributed by atoms with Crippen molar-refractivity contribution in [3.05, 3.63) is 72.6 Å². The number of aromatic amines is 2. The molecule has 4 aromatic rings. The smallest absolute Gasteiger partial charge is 0.407 e. The first-order valence-electron chi connectivity index (χ1n) is 20.3. The molecule has 2 fully saturated rings. The van der Waals surface area contributed by atoms with E-state index < -0.39 is 24.3 Å². The van der Waals surface area contributed by atoms with Gasteiger partial charge in [0.15, 0.2) is 0 Å². The predicted molar refractivity (Wildman–Crippen MR) is 221 cm³/mol. The van der Waals surface area contributed by atoms with E-state index in [4.69, 9.17) is 19.4 Å². The van der Waals surface area contributed by atoms with E-state index in [-0.39, 0.29) is 59.7 Å². The maximum atomic E-state index is 13.9. The summed E-state index contributed by atoms with van der Waals surface area (Å²) in [6, 6.07) is 14.5. The molecule has 2 aliphatic rings. The number of H-pyrrole nitrogens is 2. The van der Waals surface area contributed by atoms with E-state index in [9.17, 15) is 19.2 Å². The Morgan fingerprint density at radius 3 is 1.24 bits per heavy atom. The molecule has 2 aromatic heterocycles. The number of alkyl carbamates (subject to hydrolysis) is 2. The number of imidazole rings is 2.